The summed E-state index contributed by atoms with van der Waals surface area (Å²) in [6.45, 7) is -0.0395. The molecule has 1 heterocycles. The zero-order chi connectivity index (χ0) is 18.7. The van der Waals surface area contributed by atoms with E-state index in [2.05, 4.69) is 15.5 Å². The van der Waals surface area contributed by atoms with Crippen molar-refractivity contribution in [1.29, 1.82) is 0 Å². The number of hydrogen-bond acceptors (Lipinski definition) is 5. The monoisotopic (exact) mass is 377 g/mol. The van der Waals surface area contributed by atoms with E-state index in [1.54, 1.807) is 32.3 Å². The first-order valence-electron chi connectivity index (χ1n) is 8.27. The number of thioether (sulfide) groups is 1. The highest BCUT2D eigenvalue weighted by atomic mass is 32.2. The van der Waals surface area contributed by atoms with Gasteiger partial charge < -0.3 is 10.2 Å². The van der Waals surface area contributed by atoms with Gasteiger partial charge in [0, 0.05) is 20.1 Å². The molecule has 0 radical (unpaired) electrons. The van der Waals surface area contributed by atoms with E-state index in [0.717, 1.165) is 12.8 Å². The van der Waals surface area contributed by atoms with Crippen molar-refractivity contribution in [1.82, 2.24) is 25.0 Å². The van der Waals surface area contributed by atoms with E-state index in [-0.39, 0.29) is 36.0 Å². The number of amides is 2. The third kappa shape index (κ3) is 4.21. The summed E-state index contributed by atoms with van der Waals surface area (Å²) >= 11 is 1.23. The van der Waals surface area contributed by atoms with Crippen molar-refractivity contribution >= 4 is 23.6 Å². The van der Waals surface area contributed by atoms with Gasteiger partial charge in [-0.15, -0.1) is 10.2 Å². The molecule has 0 unspecified atom stereocenters. The second-order valence-corrected chi connectivity index (χ2v) is 7.18. The van der Waals surface area contributed by atoms with Crippen molar-refractivity contribution in [2.75, 3.05) is 26.4 Å². The maximum absolute atomic E-state index is 14.1. The Hall–Kier alpha value is -2.42. The molecule has 0 bridgehead atoms. The smallest absolute Gasteiger partial charge is 0.241 e. The summed E-state index contributed by atoms with van der Waals surface area (Å²) in [5.74, 6) is -0.188. The molecule has 3 rings (SSSR count). The van der Waals surface area contributed by atoms with Crippen LogP contribution in [-0.2, 0) is 9.59 Å². The predicted molar refractivity (Wildman–Crippen MR) is 96.1 cm³/mol. The number of rotatable bonds is 7. The standard InChI is InChI=1S/C17H20FN5O2S/c1-22(2)15(25)9-19-14(24)10-26-17-21-20-16(23(17)11-7-8-11)12-5-3-4-6-13(12)18/h3-6,11H,7-10H2,1-2H3,(H,19,24). The van der Waals surface area contributed by atoms with Crippen LogP contribution in [0.4, 0.5) is 4.39 Å². The summed E-state index contributed by atoms with van der Waals surface area (Å²) in [4.78, 5) is 24.9. The number of nitrogens with zero attached hydrogens (tertiary/aromatic N) is 4. The highest BCUT2D eigenvalue weighted by molar-refractivity contribution is 7.99. The molecule has 0 spiro atoms. The largest absolute Gasteiger partial charge is 0.347 e. The fraction of sp³-hybridized carbons (Fsp3) is 0.412. The van der Waals surface area contributed by atoms with Crippen molar-refractivity contribution in [3.8, 4) is 11.4 Å². The van der Waals surface area contributed by atoms with E-state index in [0.29, 0.717) is 16.5 Å². The molecule has 1 aliphatic carbocycles. The van der Waals surface area contributed by atoms with E-state index in [1.165, 1.54) is 22.7 Å². The highest BCUT2D eigenvalue weighted by Gasteiger charge is 2.31. The van der Waals surface area contributed by atoms with Gasteiger partial charge in [0.25, 0.3) is 0 Å². The van der Waals surface area contributed by atoms with Gasteiger partial charge in [-0.1, -0.05) is 23.9 Å². The number of aromatic nitrogens is 3. The minimum atomic E-state index is -0.349. The van der Waals surface area contributed by atoms with Crippen molar-refractivity contribution < 1.29 is 14.0 Å². The molecule has 0 saturated heterocycles. The number of nitrogens with one attached hydrogen (secondary N) is 1. The molecule has 0 aliphatic heterocycles. The quantitative estimate of drug-likeness (QED) is 0.743. The van der Waals surface area contributed by atoms with Crippen molar-refractivity contribution in [3.63, 3.8) is 0 Å². The van der Waals surface area contributed by atoms with Crippen LogP contribution in [0.3, 0.4) is 0 Å². The van der Waals surface area contributed by atoms with E-state index < -0.39 is 0 Å². The first-order valence-corrected chi connectivity index (χ1v) is 9.25. The van der Waals surface area contributed by atoms with Gasteiger partial charge in [0.05, 0.1) is 17.9 Å². The molecular formula is C17H20FN5O2S. The lowest BCUT2D eigenvalue weighted by Crippen LogP contribution is -2.37. The molecule has 2 aromatic rings. The molecular weight excluding hydrogens is 357 g/mol. The van der Waals surface area contributed by atoms with Gasteiger partial charge in [0.15, 0.2) is 11.0 Å². The Balaban J connectivity index is 1.69. The molecule has 2 amide bonds. The predicted octanol–water partition coefficient (Wildman–Crippen LogP) is 1.72. The van der Waals surface area contributed by atoms with E-state index in [9.17, 15) is 14.0 Å². The number of carbonyl (C=O) groups is 2. The zero-order valence-corrected chi connectivity index (χ0v) is 15.4. The Morgan fingerprint density at radius 3 is 2.69 bits per heavy atom. The van der Waals surface area contributed by atoms with Gasteiger partial charge in [0.1, 0.15) is 5.82 Å². The molecule has 1 N–H and O–H groups in total. The third-order valence-corrected chi connectivity index (χ3v) is 4.90. The molecule has 7 nitrogen and oxygen atoms in total. The number of halogens is 1. The Labute approximate surface area is 155 Å². The lowest BCUT2D eigenvalue weighted by atomic mass is 10.2. The lowest BCUT2D eigenvalue weighted by molar-refractivity contribution is -0.130. The van der Waals surface area contributed by atoms with Gasteiger partial charge in [-0.3, -0.25) is 14.2 Å². The second-order valence-electron chi connectivity index (χ2n) is 6.24. The first-order chi connectivity index (χ1) is 12.5. The maximum atomic E-state index is 14.1. The fourth-order valence-corrected chi connectivity index (χ4v) is 3.21. The Bertz CT molecular complexity index is 819. The van der Waals surface area contributed by atoms with Crippen LogP contribution < -0.4 is 5.32 Å². The van der Waals surface area contributed by atoms with Gasteiger partial charge in [-0.05, 0) is 25.0 Å². The molecule has 0 atom stereocenters. The van der Waals surface area contributed by atoms with Crippen molar-refractivity contribution in [2.24, 2.45) is 0 Å². The lowest BCUT2D eigenvalue weighted by Gasteiger charge is -2.11. The number of hydrogen-bond donors (Lipinski definition) is 1. The van der Waals surface area contributed by atoms with Crippen LogP contribution in [0.2, 0.25) is 0 Å². The molecule has 9 heteroatoms. The third-order valence-electron chi connectivity index (χ3n) is 3.96. The van der Waals surface area contributed by atoms with Crippen LogP contribution in [0, 0.1) is 5.82 Å². The number of likely N-dealkylation sites (N-methyl/N-ethyl adjacent to an activating group) is 1. The van der Waals surface area contributed by atoms with Crippen molar-refractivity contribution in [3.05, 3.63) is 30.1 Å². The summed E-state index contributed by atoms with van der Waals surface area (Å²) in [5.41, 5.74) is 0.403. The highest BCUT2D eigenvalue weighted by Crippen LogP contribution is 2.41. The fourth-order valence-electron chi connectivity index (χ4n) is 2.38. The molecule has 1 aromatic heterocycles. The maximum Gasteiger partial charge on any atom is 0.241 e. The minimum absolute atomic E-state index is 0.0395. The second kappa shape index (κ2) is 7.86. The summed E-state index contributed by atoms with van der Waals surface area (Å²) < 4.78 is 16.0. The van der Waals surface area contributed by atoms with Gasteiger partial charge >= 0.3 is 0 Å². The van der Waals surface area contributed by atoms with Gasteiger partial charge in [0.2, 0.25) is 11.8 Å². The van der Waals surface area contributed by atoms with Crippen molar-refractivity contribution in [2.45, 2.75) is 24.0 Å². The van der Waals surface area contributed by atoms with Crippen LogP contribution >= 0.6 is 11.8 Å². The first kappa shape index (κ1) is 18.4. The molecule has 1 aliphatic rings. The molecule has 1 saturated carbocycles. The van der Waals surface area contributed by atoms with E-state index in [4.69, 9.17) is 0 Å². The minimum Gasteiger partial charge on any atom is -0.347 e. The van der Waals surface area contributed by atoms with Crippen LogP contribution in [0.15, 0.2) is 29.4 Å². The Kier molecular flexibility index (Phi) is 5.55. The Morgan fingerprint density at radius 2 is 2.04 bits per heavy atom. The SMILES string of the molecule is CN(C)C(=O)CNC(=O)CSc1nnc(-c2ccccc2F)n1C1CC1. The van der Waals surface area contributed by atoms with Crippen LogP contribution in [0.25, 0.3) is 11.4 Å². The van der Waals surface area contributed by atoms with Crippen LogP contribution in [0.1, 0.15) is 18.9 Å². The number of carbonyl (C=O) groups excluding carboxylic acids is 2. The summed E-state index contributed by atoms with van der Waals surface area (Å²) in [6, 6.07) is 6.69. The Morgan fingerprint density at radius 1 is 1.31 bits per heavy atom. The van der Waals surface area contributed by atoms with E-state index >= 15 is 0 Å². The molecule has 26 heavy (non-hydrogen) atoms. The van der Waals surface area contributed by atoms with Crippen LogP contribution in [-0.4, -0.2) is 57.9 Å². The summed E-state index contributed by atoms with van der Waals surface area (Å²) in [6.07, 6.45) is 1.97. The van der Waals surface area contributed by atoms with Crippen LogP contribution in [0.5, 0.6) is 0 Å². The average molecular weight is 377 g/mol. The van der Waals surface area contributed by atoms with Gasteiger partial charge in [-0.2, -0.15) is 0 Å². The molecule has 138 valence electrons. The summed E-state index contributed by atoms with van der Waals surface area (Å²) in [7, 11) is 3.26. The zero-order valence-electron chi connectivity index (χ0n) is 14.6. The number of benzene rings is 1. The van der Waals surface area contributed by atoms with E-state index in [1.807, 2.05) is 4.57 Å². The topological polar surface area (TPSA) is 80.1 Å². The molecule has 1 aromatic carbocycles. The average Bonchev–Trinajstić information content (AvgIpc) is 3.37. The molecule has 1 fully saturated rings. The van der Waals surface area contributed by atoms with Gasteiger partial charge in [-0.25, -0.2) is 4.39 Å². The summed E-state index contributed by atoms with van der Waals surface area (Å²) in [5, 5.41) is 11.4. The normalized spacial score (nSPS) is 13.5.